The van der Waals surface area contributed by atoms with Gasteiger partial charge in [-0.05, 0) is 12.7 Å². The summed E-state index contributed by atoms with van der Waals surface area (Å²) in [6.45, 7) is 0.627. The Morgan fingerprint density at radius 2 is 1.72 bits per heavy atom. The maximum atomic E-state index is 11.7. The van der Waals surface area contributed by atoms with Gasteiger partial charge in [-0.25, -0.2) is 4.79 Å². The molecule has 0 aromatic rings. The molecule has 2 amide bonds. The van der Waals surface area contributed by atoms with Crippen LogP contribution in [0.2, 0.25) is 0 Å². The highest BCUT2D eigenvalue weighted by atomic mass is 32.2. The number of aliphatic carboxylic acids is 2. The van der Waals surface area contributed by atoms with Gasteiger partial charge in [0.2, 0.25) is 0 Å². The van der Waals surface area contributed by atoms with Crippen molar-refractivity contribution in [3.05, 3.63) is 0 Å². The lowest BCUT2D eigenvalue weighted by Crippen LogP contribution is -2.49. The molecular formula is C10H18N2O5S. The van der Waals surface area contributed by atoms with Crippen molar-refractivity contribution in [2.45, 2.75) is 19.4 Å². The van der Waals surface area contributed by atoms with E-state index in [-0.39, 0.29) is 6.04 Å². The second-order valence-corrected chi connectivity index (χ2v) is 4.56. The zero-order chi connectivity index (χ0) is 14.1. The molecule has 0 aromatic heterocycles. The van der Waals surface area contributed by atoms with Crippen molar-refractivity contribution in [3.8, 4) is 0 Å². The SMILES string of the molecule is CCC(CSC)NC(=O)N(CC(=O)O)CC(=O)O. The minimum absolute atomic E-state index is 0.0995. The van der Waals surface area contributed by atoms with E-state index in [1.165, 1.54) is 0 Å². The van der Waals surface area contributed by atoms with Crippen LogP contribution in [0.5, 0.6) is 0 Å². The van der Waals surface area contributed by atoms with Crippen molar-refractivity contribution >= 4 is 29.7 Å². The highest BCUT2D eigenvalue weighted by Crippen LogP contribution is 2.02. The van der Waals surface area contributed by atoms with Gasteiger partial charge in [0, 0.05) is 11.8 Å². The first-order chi connectivity index (χ1) is 8.40. The Morgan fingerprint density at radius 1 is 1.22 bits per heavy atom. The Labute approximate surface area is 110 Å². The predicted molar refractivity (Wildman–Crippen MR) is 67.8 cm³/mol. The third-order valence-corrected chi connectivity index (χ3v) is 2.86. The van der Waals surface area contributed by atoms with E-state index in [9.17, 15) is 14.4 Å². The van der Waals surface area contributed by atoms with Crippen LogP contribution in [-0.4, -0.2) is 64.2 Å². The first kappa shape index (κ1) is 16.6. The van der Waals surface area contributed by atoms with E-state index in [1.54, 1.807) is 11.8 Å². The third-order valence-electron chi connectivity index (χ3n) is 2.13. The normalized spacial score (nSPS) is 11.7. The molecule has 0 heterocycles. The molecule has 18 heavy (non-hydrogen) atoms. The number of thioether (sulfide) groups is 1. The van der Waals surface area contributed by atoms with Gasteiger partial charge in [0.15, 0.2) is 0 Å². The third kappa shape index (κ3) is 7.00. The topological polar surface area (TPSA) is 107 Å². The maximum Gasteiger partial charge on any atom is 0.323 e. The summed E-state index contributed by atoms with van der Waals surface area (Å²) in [6.07, 6.45) is 2.58. The van der Waals surface area contributed by atoms with Crippen molar-refractivity contribution in [2.75, 3.05) is 25.1 Å². The summed E-state index contributed by atoms with van der Waals surface area (Å²) in [6, 6.07) is -0.765. The lowest BCUT2D eigenvalue weighted by molar-refractivity contribution is -0.140. The molecule has 8 heteroatoms. The number of carbonyl (C=O) groups is 3. The highest BCUT2D eigenvalue weighted by Gasteiger charge is 2.21. The van der Waals surface area contributed by atoms with Crippen LogP contribution in [0.1, 0.15) is 13.3 Å². The van der Waals surface area contributed by atoms with Crippen LogP contribution in [-0.2, 0) is 9.59 Å². The number of amides is 2. The van der Waals surface area contributed by atoms with E-state index in [0.717, 1.165) is 4.90 Å². The molecule has 0 saturated carbocycles. The molecule has 0 saturated heterocycles. The molecule has 0 fully saturated rings. The molecule has 0 aliphatic heterocycles. The maximum absolute atomic E-state index is 11.7. The highest BCUT2D eigenvalue weighted by molar-refractivity contribution is 7.98. The van der Waals surface area contributed by atoms with Gasteiger partial charge in [0.25, 0.3) is 0 Å². The minimum Gasteiger partial charge on any atom is -0.480 e. The quantitative estimate of drug-likeness (QED) is 0.590. The average Bonchev–Trinajstić information content (AvgIpc) is 2.26. The van der Waals surface area contributed by atoms with Gasteiger partial charge in [-0.15, -0.1) is 0 Å². The van der Waals surface area contributed by atoms with Crippen molar-refractivity contribution in [2.24, 2.45) is 0 Å². The van der Waals surface area contributed by atoms with Gasteiger partial charge < -0.3 is 20.4 Å². The number of rotatable bonds is 8. The fourth-order valence-corrected chi connectivity index (χ4v) is 1.98. The van der Waals surface area contributed by atoms with Crippen molar-refractivity contribution in [1.82, 2.24) is 10.2 Å². The molecule has 1 unspecified atom stereocenters. The lowest BCUT2D eigenvalue weighted by atomic mass is 10.2. The number of carboxylic acids is 2. The van der Waals surface area contributed by atoms with E-state index in [4.69, 9.17) is 10.2 Å². The summed E-state index contributed by atoms with van der Waals surface area (Å²) in [5.74, 6) is -1.80. The van der Waals surface area contributed by atoms with Crippen LogP contribution < -0.4 is 5.32 Å². The van der Waals surface area contributed by atoms with Gasteiger partial charge >= 0.3 is 18.0 Å². The number of carboxylic acid groups (broad SMARTS) is 2. The van der Waals surface area contributed by atoms with E-state index >= 15 is 0 Å². The number of nitrogens with zero attached hydrogens (tertiary/aromatic N) is 1. The van der Waals surface area contributed by atoms with E-state index in [0.29, 0.717) is 12.2 Å². The largest absolute Gasteiger partial charge is 0.480 e. The molecule has 0 bridgehead atoms. The number of hydrogen-bond donors (Lipinski definition) is 3. The Morgan fingerprint density at radius 3 is 2.06 bits per heavy atom. The Hall–Kier alpha value is -1.44. The van der Waals surface area contributed by atoms with Crippen molar-refractivity contribution in [3.63, 3.8) is 0 Å². The first-order valence-corrected chi connectivity index (χ1v) is 6.78. The van der Waals surface area contributed by atoms with Crippen LogP contribution in [0.4, 0.5) is 4.79 Å². The second-order valence-electron chi connectivity index (χ2n) is 3.65. The summed E-state index contributed by atoms with van der Waals surface area (Å²) < 4.78 is 0. The molecule has 3 N–H and O–H groups in total. The fourth-order valence-electron chi connectivity index (χ4n) is 1.25. The van der Waals surface area contributed by atoms with Gasteiger partial charge in [0.05, 0.1) is 0 Å². The van der Waals surface area contributed by atoms with Crippen molar-refractivity contribution in [1.29, 1.82) is 0 Å². The monoisotopic (exact) mass is 278 g/mol. The zero-order valence-electron chi connectivity index (χ0n) is 10.4. The number of urea groups is 1. The smallest absolute Gasteiger partial charge is 0.323 e. The molecule has 0 aromatic carbocycles. The standard InChI is InChI=1S/C10H18N2O5S/c1-3-7(6-18-2)11-10(17)12(4-8(13)14)5-9(15)16/h7H,3-6H2,1-2H3,(H,11,17)(H,13,14)(H,15,16). The molecular weight excluding hydrogens is 260 g/mol. The molecule has 0 spiro atoms. The molecule has 7 nitrogen and oxygen atoms in total. The second kappa shape index (κ2) is 8.62. The molecule has 1 atom stereocenters. The minimum atomic E-state index is -1.25. The molecule has 0 aliphatic carbocycles. The van der Waals surface area contributed by atoms with Crippen LogP contribution in [0.25, 0.3) is 0 Å². The summed E-state index contributed by atoms with van der Waals surface area (Å²) in [5.41, 5.74) is 0. The van der Waals surface area contributed by atoms with Gasteiger partial charge in [-0.2, -0.15) is 11.8 Å². The average molecular weight is 278 g/mol. The molecule has 0 radical (unpaired) electrons. The van der Waals surface area contributed by atoms with Crippen LogP contribution in [0, 0.1) is 0 Å². The summed E-state index contributed by atoms with van der Waals surface area (Å²) in [7, 11) is 0. The summed E-state index contributed by atoms with van der Waals surface area (Å²) >= 11 is 1.55. The Balaban J connectivity index is 4.52. The van der Waals surface area contributed by atoms with Crippen LogP contribution >= 0.6 is 11.8 Å². The Bertz CT molecular complexity index is 295. The van der Waals surface area contributed by atoms with E-state index in [1.807, 2.05) is 13.2 Å². The van der Waals surface area contributed by atoms with Crippen LogP contribution in [0.3, 0.4) is 0 Å². The van der Waals surface area contributed by atoms with Gasteiger partial charge in [-0.3, -0.25) is 9.59 Å². The molecule has 0 rings (SSSR count). The van der Waals surface area contributed by atoms with Gasteiger partial charge in [-0.1, -0.05) is 6.92 Å². The van der Waals surface area contributed by atoms with Gasteiger partial charge in [0.1, 0.15) is 13.1 Å². The number of carbonyl (C=O) groups excluding carboxylic acids is 1. The number of nitrogens with one attached hydrogen (secondary N) is 1. The van der Waals surface area contributed by atoms with E-state index in [2.05, 4.69) is 5.32 Å². The summed E-state index contributed by atoms with van der Waals surface area (Å²) in [5, 5.41) is 19.9. The number of hydrogen-bond acceptors (Lipinski definition) is 4. The Kier molecular flexibility index (Phi) is 7.93. The van der Waals surface area contributed by atoms with Crippen LogP contribution in [0.15, 0.2) is 0 Å². The predicted octanol–water partition coefficient (Wildman–Crippen LogP) is 0.309. The van der Waals surface area contributed by atoms with Crippen molar-refractivity contribution < 1.29 is 24.6 Å². The fraction of sp³-hybridized carbons (Fsp3) is 0.700. The molecule has 104 valence electrons. The van der Waals surface area contributed by atoms with E-state index < -0.39 is 31.1 Å². The summed E-state index contributed by atoms with van der Waals surface area (Å²) in [4.78, 5) is 33.6. The first-order valence-electron chi connectivity index (χ1n) is 5.38. The molecule has 0 aliphatic rings. The lowest BCUT2D eigenvalue weighted by Gasteiger charge is -2.23. The zero-order valence-corrected chi connectivity index (χ0v) is 11.2.